The van der Waals surface area contributed by atoms with Gasteiger partial charge in [0, 0.05) is 22.3 Å². The number of nitrogens with one attached hydrogen (secondary N) is 1. The summed E-state index contributed by atoms with van der Waals surface area (Å²) < 4.78 is 52.7. The molecule has 0 fully saturated rings. The molecule has 4 rings (SSSR count). The van der Waals surface area contributed by atoms with Gasteiger partial charge in [-0.15, -0.1) is 0 Å². The molecule has 0 radical (unpaired) electrons. The van der Waals surface area contributed by atoms with Gasteiger partial charge in [0.25, 0.3) is 5.91 Å². The Morgan fingerprint density at radius 2 is 1.71 bits per heavy atom. The SMILES string of the molecule is COc1ccc(NC(=O)c2c(C)nn3c(C(F)(F)F)cc(-c4ccc(Cl)cc4)nc23)cc1OC. The van der Waals surface area contributed by atoms with E-state index in [0.29, 0.717) is 32.3 Å². The van der Waals surface area contributed by atoms with Crippen molar-refractivity contribution < 1.29 is 27.4 Å². The summed E-state index contributed by atoms with van der Waals surface area (Å²) in [7, 11) is 2.92. The van der Waals surface area contributed by atoms with Crippen LogP contribution in [0.1, 0.15) is 21.7 Å². The standard InChI is InChI=1S/C23H18ClF3N4O3/c1-12-20(22(32)28-15-8-9-17(33-2)18(10-15)34-3)21-29-16(13-4-6-14(24)7-5-13)11-19(23(25,26)27)31(21)30-12/h4-11H,1-3H3,(H,28,32). The van der Waals surface area contributed by atoms with Crippen LogP contribution in [0.4, 0.5) is 18.9 Å². The number of rotatable bonds is 5. The number of carbonyl (C=O) groups is 1. The van der Waals surface area contributed by atoms with Crippen LogP contribution in [0.15, 0.2) is 48.5 Å². The second-order valence-corrected chi connectivity index (χ2v) is 7.69. The molecular formula is C23H18ClF3N4O3. The van der Waals surface area contributed by atoms with E-state index in [2.05, 4.69) is 15.4 Å². The fourth-order valence-corrected chi connectivity index (χ4v) is 3.59. The summed E-state index contributed by atoms with van der Waals surface area (Å²) in [6.07, 6.45) is -4.74. The summed E-state index contributed by atoms with van der Waals surface area (Å²) in [5.74, 6) is 0.157. The zero-order valence-electron chi connectivity index (χ0n) is 18.2. The van der Waals surface area contributed by atoms with E-state index in [0.717, 1.165) is 6.07 Å². The van der Waals surface area contributed by atoms with E-state index in [1.807, 2.05) is 0 Å². The van der Waals surface area contributed by atoms with E-state index >= 15 is 0 Å². The molecule has 7 nitrogen and oxygen atoms in total. The number of carbonyl (C=O) groups excluding carboxylic acids is 1. The number of amides is 1. The van der Waals surface area contributed by atoms with Crippen LogP contribution in [-0.4, -0.2) is 34.7 Å². The zero-order valence-corrected chi connectivity index (χ0v) is 19.0. The molecule has 0 unspecified atom stereocenters. The molecule has 0 spiro atoms. The fraction of sp³-hybridized carbons (Fsp3) is 0.174. The second-order valence-electron chi connectivity index (χ2n) is 7.25. The van der Waals surface area contributed by atoms with Crippen LogP contribution >= 0.6 is 11.6 Å². The number of methoxy groups -OCH3 is 2. The predicted octanol–water partition coefficient (Wildman–Crippen LogP) is 5.65. The largest absolute Gasteiger partial charge is 0.493 e. The highest BCUT2D eigenvalue weighted by atomic mass is 35.5. The molecule has 2 aromatic heterocycles. The molecule has 34 heavy (non-hydrogen) atoms. The first kappa shape index (κ1) is 23.4. The average molecular weight is 491 g/mol. The number of aromatic nitrogens is 3. The lowest BCUT2D eigenvalue weighted by Crippen LogP contribution is -2.16. The van der Waals surface area contributed by atoms with Crippen molar-refractivity contribution in [1.29, 1.82) is 0 Å². The molecule has 4 aromatic rings. The number of hydrogen-bond donors (Lipinski definition) is 1. The lowest BCUT2D eigenvalue weighted by molar-refractivity contribution is -0.142. The molecule has 176 valence electrons. The first-order chi connectivity index (χ1) is 16.1. The molecule has 1 amide bonds. The fourth-order valence-electron chi connectivity index (χ4n) is 3.47. The van der Waals surface area contributed by atoms with Crippen LogP contribution in [0.5, 0.6) is 11.5 Å². The number of nitrogens with zero attached hydrogens (tertiary/aromatic N) is 3. The zero-order chi connectivity index (χ0) is 24.6. The molecule has 0 aliphatic rings. The van der Waals surface area contributed by atoms with Crippen molar-refractivity contribution in [2.24, 2.45) is 0 Å². The van der Waals surface area contributed by atoms with Crippen LogP contribution < -0.4 is 14.8 Å². The Kier molecular flexibility index (Phi) is 6.09. The third-order valence-corrected chi connectivity index (χ3v) is 5.31. The van der Waals surface area contributed by atoms with Crippen molar-refractivity contribution in [1.82, 2.24) is 14.6 Å². The maximum atomic E-state index is 13.9. The first-order valence-electron chi connectivity index (χ1n) is 9.89. The first-order valence-corrected chi connectivity index (χ1v) is 10.3. The van der Waals surface area contributed by atoms with E-state index in [9.17, 15) is 18.0 Å². The van der Waals surface area contributed by atoms with Gasteiger partial charge in [-0.2, -0.15) is 18.3 Å². The summed E-state index contributed by atoms with van der Waals surface area (Å²) in [4.78, 5) is 17.5. The van der Waals surface area contributed by atoms with Gasteiger partial charge in [-0.1, -0.05) is 23.7 Å². The van der Waals surface area contributed by atoms with E-state index < -0.39 is 17.8 Å². The van der Waals surface area contributed by atoms with E-state index in [-0.39, 0.29) is 22.6 Å². The Labute approximate surface area is 197 Å². The summed E-state index contributed by atoms with van der Waals surface area (Å²) in [6.45, 7) is 1.44. The average Bonchev–Trinajstić information content (AvgIpc) is 3.13. The van der Waals surface area contributed by atoms with Crippen molar-refractivity contribution >= 4 is 28.8 Å². The van der Waals surface area contributed by atoms with Crippen molar-refractivity contribution in [2.75, 3.05) is 19.5 Å². The number of ether oxygens (including phenoxy) is 2. The highest BCUT2D eigenvalue weighted by Gasteiger charge is 2.36. The molecule has 0 bridgehead atoms. The number of aryl methyl sites for hydroxylation is 1. The topological polar surface area (TPSA) is 77.8 Å². The molecule has 0 saturated carbocycles. The third-order valence-electron chi connectivity index (χ3n) is 5.06. The van der Waals surface area contributed by atoms with Gasteiger partial charge in [-0.05, 0) is 37.3 Å². The highest BCUT2D eigenvalue weighted by molar-refractivity contribution is 6.30. The Bertz CT molecular complexity index is 1390. The molecule has 2 heterocycles. The molecule has 1 N–H and O–H groups in total. The van der Waals surface area contributed by atoms with Gasteiger partial charge in [0.05, 0.1) is 25.6 Å². The number of benzene rings is 2. The van der Waals surface area contributed by atoms with Gasteiger partial charge in [0.15, 0.2) is 22.8 Å². The number of fused-ring (bicyclic) bond motifs is 1. The van der Waals surface area contributed by atoms with Gasteiger partial charge >= 0.3 is 6.18 Å². The minimum atomic E-state index is -4.74. The Morgan fingerprint density at radius 3 is 2.32 bits per heavy atom. The Balaban J connectivity index is 1.84. The normalized spacial score (nSPS) is 11.5. The van der Waals surface area contributed by atoms with Crippen molar-refractivity contribution in [3.05, 3.63) is 70.5 Å². The van der Waals surface area contributed by atoms with Gasteiger partial charge < -0.3 is 14.8 Å². The highest BCUT2D eigenvalue weighted by Crippen LogP contribution is 2.34. The van der Waals surface area contributed by atoms with Crippen LogP contribution in [0.2, 0.25) is 5.02 Å². The summed E-state index contributed by atoms with van der Waals surface area (Å²) in [6, 6.07) is 11.8. The molecule has 0 aliphatic heterocycles. The molecule has 0 aliphatic carbocycles. The number of alkyl halides is 3. The predicted molar refractivity (Wildman–Crippen MR) is 121 cm³/mol. The van der Waals surface area contributed by atoms with Gasteiger partial charge in [0.1, 0.15) is 5.56 Å². The number of hydrogen-bond acceptors (Lipinski definition) is 5. The molecule has 0 atom stereocenters. The maximum Gasteiger partial charge on any atom is 0.433 e. The summed E-state index contributed by atoms with van der Waals surface area (Å²) >= 11 is 5.90. The maximum absolute atomic E-state index is 13.9. The van der Waals surface area contributed by atoms with Crippen LogP contribution in [0.3, 0.4) is 0 Å². The van der Waals surface area contributed by atoms with Gasteiger partial charge in [0.2, 0.25) is 0 Å². The molecule has 11 heteroatoms. The molecule has 2 aromatic carbocycles. The summed E-state index contributed by atoms with van der Waals surface area (Å²) in [5.41, 5.74) is -0.503. The molecule has 0 saturated heterocycles. The van der Waals surface area contributed by atoms with Crippen molar-refractivity contribution in [3.63, 3.8) is 0 Å². The van der Waals surface area contributed by atoms with Crippen molar-refractivity contribution in [2.45, 2.75) is 13.1 Å². The van der Waals surface area contributed by atoms with Gasteiger partial charge in [-0.25, -0.2) is 9.50 Å². The van der Waals surface area contributed by atoms with E-state index in [1.165, 1.54) is 27.2 Å². The third kappa shape index (κ3) is 4.36. The smallest absolute Gasteiger partial charge is 0.433 e. The number of anilines is 1. The lowest BCUT2D eigenvalue weighted by atomic mass is 10.1. The van der Waals surface area contributed by atoms with Crippen molar-refractivity contribution in [3.8, 4) is 22.8 Å². The Hall–Kier alpha value is -3.79. The summed E-state index contributed by atoms with van der Waals surface area (Å²) in [5, 5.41) is 7.05. The Morgan fingerprint density at radius 1 is 1.03 bits per heavy atom. The minimum absolute atomic E-state index is 0.0246. The minimum Gasteiger partial charge on any atom is -0.493 e. The quantitative estimate of drug-likeness (QED) is 0.391. The molecular weight excluding hydrogens is 473 g/mol. The van der Waals surface area contributed by atoms with Crippen LogP contribution in [0.25, 0.3) is 16.9 Å². The number of halogens is 4. The van der Waals surface area contributed by atoms with Crippen LogP contribution in [0, 0.1) is 6.92 Å². The van der Waals surface area contributed by atoms with Crippen LogP contribution in [-0.2, 0) is 6.18 Å². The second kappa shape index (κ2) is 8.86. The van der Waals surface area contributed by atoms with E-state index in [1.54, 1.807) is 36.4 Å². The van der Waals surface area contributed by atoms with E-state index in [4.69, 9.17) is 21.1 Å². The van der Waals surface area contributed by atoms with Gasteiger partial charge in [-0.3, -0.25) is 4.79 Å². The monoisotopic (exact) mass is 490 g/mol. The lowest BCUT2D eigenvalue weighted by Gasteiger charge is -2.12.